The highest BCUT2D eigenvalue weighted by molar-refractivity contribution is 5.90. The molecule has 4 aromatic rings. The number of benzene rings is 2. The Bertz CT molecular complexity index is 1220. The normalized spacial score (nSPS) is 12.2. The fourth-order valence-corrected chi connectivity index (χ4v) is 3.11. The Hall–Kier alpha value is -4.14. The van der Waals surface area contributed by atoms with E-state index in [1.165, 1.54) is 24.3 Å². The molecular weight excluding hydrogens is 391 g/mol. The number of anilines is 1. The van der Waals surface area contributed by atoms with E-state index >= 15 is 0 Å². The van der Waals surface area contributed by atoms with Gasteiger partial charge >= 0.3 is 0 Å². The van der Waals surface area contributed by atoms with Gasteiger partial charge in [-0.15, -0.1) is 0 Å². The van der Waals surface area contributed by atoms with E-state index in [-0.39, 0.29) is 31.0 Å². The smallest absolute Gasteiger partial charge is 0.274 e. The number of hydrogen-bond donors (Lipinski definition) is 1. The highest BCUT2D eigenvalue weighted by Crippen LogP contribution is 2.35. The van der Waals surface area contributed by atoms with Gasteiger partial charge in [-0.05, 0) is 54.6 Å². The van der Waals surface area contributed by atoms with Gasteiger partial charge in [0.1, 0.15) is 18.1 Å². The predicted molar refractivity (Wildman–Crippen MR) is 104 cm³/mol. The third-order valence-corrected chi connectivity index (χ3v) is 4.55. The summed E-state index contributed by atoms with van der Waals surface area (Å²) >= 11 is 0. The van der Waals surface area contributed by atoms with Crippen LogP contribution in [0.2, 0.25) is 0 Å². The number of nitrogens with one attached hydrogen (secondary N) is 1. The summed E-state index contributed by atoms with van der Waals surface area (Å²) in [5, 5.41) is 6.75. The number of amides is 1. The second-order valence-electron chi connectivity index (χ2n) is 6.57. The molecule has 2 aromatic heterocycles. The van der Waals surface area contributed by atoms with Crippen LogP contribution in [-0.2, 0) is 11.3 Å². The highest BCUT2D eigenvalue weighted by atomic mass is 19.1. The maximum Gasteiger partial charge on any atom is 0.274 e. The molecule has 8 nitrogen and oxygen atoms in total. The van der Waals surface area contributed by atoms with E-state index in [9.17, 15) is 9.18 Å². The highest BCUT2D eigenvalue weighted by Gasteiger charge is 2.19. The van der Waals surface area contributed by atoms with Crippen LogP contribution in [-0.4, -0.2) is 27.4 Å². The van der Waals surface area contributed by atoms with Crippen molar-refractivity contribution >= 4 is 11.6 Å². The van der Waals surface area contributed by atoms with Crippen molar-refractivity contribution in [3.8, 4) is 34.5 Å². The summed E-state index contributed by atoms with van der Waals surface area (Å²) in [6, 6.07) is 14.5. The molecule has 1 amide bonds. The number of halogens is 1. The van der Waals surface area contributed by atoms with Crippen molar-refractivity contribution in [3.63, 3.8) is 0 Å². The van der Waals surface area contributed by atoms with Crippen LogP contribution < -0.4 is 14.8 Å². The molecule has 0 saturated carbocycles. The number of hydrogen-bond acceptors (Lipinski definition) is 6. The summed E-state index contributed by atoms with van der Waals surface area (Å²) in [5.41, 5.74) is 1.84. The molecule has 1 N–H and O–H groups in total. The van der Waals surface area contributed by atoms with Crippen molar-refractivity contribution in [2.75, 3.05) is 12.1 Å². The average Bonchev–Trinajstić information content (AvgIpc) is 3.49. The van der Waals surface area contributed by atoms with Crippen LogP contribution in [0.1, 0.15) is 0 Å². The first-order chi connectivity index (χ1) is 14.7. The van der Waals surface area contributed by atoms with E-state index in [1.54, 1.807) is 35.0 Å². The van der Waals surface area contributed by atoms with Crippen LogP contribution >= 0.6 is 0 Å². The summed E-state index contributed by atoms with van der Waals surface area (Å²) in [7, 11) is 0. The monoisotopic (exact) mass is 406 g/mol. The summed E-state index contributed by atoms with van der Waals surface area (Å²) < 4.78 is 30.8. The average molecular weight is 406 g/mol. The molecule has 9 heteroatoms. The molecule has 1 aliphatic heterocycles. The Kier molecular flexibility index (Phi) is 4.40. The zero-order valence-corrected chi connectivity index (χ0v) is 15.5. The maximum atomic E-state index is 13.0. The lowest BCUT2D eigenvalue weighted by molar-refractivity contribution is -0.116. The van der Waals surface area contributed by atoms with E-state index < -0.39 is 0 Å². The SMILES string of the molecule is O=C(Cn1cccc1-c1nc(-c2ccc3c(c2)OCO3)no1)Nc1ccc(F)cc1. The molecule has 0 saturated heterocycles. The molecule has 0 aliphatic carbocycles. The zero-order valence-electron chi connectivity index (χ0n) is 15.5. The topological polar surface area (TPSA) is 91.4 Å². The fourth-order valence-electron chi connectivity index (χ4n) is 3.11. The van der Waals surface area contributed by atoms with Gasteiger partial charge in [-0.25, -0.2) is 4.39 Å². The predicted octanol–water partition coefficient (Wildman–Crippen LogP) is 3.71. The van der Waals surface area contributed by atoms with E-state index in [1.807, 2.05) is 6.07 Å². The van der Waals surface area contributed by atoms with Crippen LogP contribution in [0.4, 0.5) is 10.1 Å². The van der Waals surface area contributed by atoms with Crippen LogP contribution in [0.3, 0.4) is 0 Å². The van der Waals surface area contributed by atoms with Gasteiger partial charge in [0, 0.05) is 17.4 Å². The first-order valence-electron chi connectivity index (χ1n) is 9.10. The minimum absolute atomic E-state index is 0.0292. The molecule has 150 valence electrons. The van der Waals surface area contributed by atoms with Gasteiger partial charge in [0.2, 0.25) is 18.5 Å². The Morgan fingerprint density at radius 2 is 1.93 bits per heavy atom. The molecule has 5 rings (SSSR count). The minimum atomic E-state index is -0.365. The number of ether oxygens (including phenoxy) is 2. The Balaban J connectivity index is 1.33. The third-order valence-electron chi connectivity index (χ3n) is 4.55. The minimum Gasteiger partial charge on any atom is -0.454 e. The van der Waals surface area contributed by atoms with Gasteiger partial charge in [-0.1, -0.05) is 5.16 Å². The van der Waals surface area contributed by atoms with Crippen molar-refractivity contribution in [1.82, 2.24) is 14.7 Å². The van der Waals surface area contributed by atoms with Gasteiger partial charge in [0.15, 0.2) is 11.5 Å². The molecule has 0 bridgehead atoms. The second kappa shape index (κ2) is 7.36. The van der Waals surface area contributed by atoms with E-state index in [4.69, 9.17) is 14.0 Å². The molecule has 0 fully saturated rings. The van der Waals surface area contributed by atoms with Crippen LogP contribution in [0.5, 0.6) is 11.5 Å². The lowest BCUT2D eigenvalue weighted by Gasteiger charge is -2.08. The van der Waals surface area contributed by atoms with Crippen LogP contribution in [0, 0.1) is 5.82 Å². The number of fused-ring (bicyclic) bond motifs is 1. The molecule has 0 unspecified atom stereocenters. The number of rotatable bonds is 5. The summed E-state index contributed by atoms with van der Waals surface area (Å²) in [6.07, 6.45) is 1.74. The number of nitrogens with zero attached hydrogens (tertiary/aromatic N) is 3. The van der Waals surface area contributed by atoms with Gasteiger partial charge < -0.3 is 23.9 Å². The van der Waals surface area contributed by atoms with Crippen molar-refractivity contribution in [1.29, 1.82) is 0 Å². The van der Waals surface area contributed by atoms with E-state index in [0.29, 0.717) is 28.7 Å². The number of aromatic nitrogens is 3. The quantitative estimate of drug-likeness (QED) is 0.543. The van der Waals surface area contributed by atoms with E-state index in [0.717, 1.165) is 5.56 Å². The second-order valence-corrected chi connectivity index (χ2v) is 6.57. The molecule has 2 aromatic carbocycles. The first-order valence-corrected chi connectivity index (χ1v) is 9.10. The molecule has 0 radical (unpaired) electrons. The lowest BCUT2D eigenvalue weighted by atomic mass is 10.2. The Morgan fingerprint density at radius 3 is 2.80 bits per heavy atom. The number of carbonyl (C=O) groups is 1. The molecule has 1 aliphatic rings. The molecule has 30 heavy (non-hydrogen) atoms. The van der Waals surface area contributed by atoms with Gasteiger partial charge in [0.25, 0.3) is 5.89 Å². The summed E-state index contributed by atoms with van der Waals surface area (Å²) in [4.78, 5) is 16.8. The van der Waals surface area contributed by atoms with Crippen molar-refractivity contribution in [2.24, 2.45) is 0 Å². The van der Waals surface area contributed by atoms with Gasteiger partial charge in [-0.2, -0.15) is 4.98 Å². The summed E-state index contributed by atoms with van der Waals surface area (Å²) in [5.74, 6) is 1.34. The van der Waals surface area contributed by atoms with Crippen LogP contribution in [0.25, 0.3) is 23.0 Å². The fraction of sp³-hybridized carbons (Fsp3) is 0.0952. The first kappa shape index (κ1) is 17.9. The molecule has 0 atom stereocenters. The number of carbonyl (C=O) groups excluding carboxylic acids is 1. The Labute approximate surface area is 169 Å². The standard InChI is InChI=1S/C21H15FN4O4/c22-14-4-6-15(7-5-14)23-19(27)11-26-9-1-2-16(26)21-24-20(25-30-21)13-3-8-17-18(10-13)29-12-28-17/h1-10H,11-12H2,(H,23,27). The maximum absolute atomic E-state index is 13.0. The lowest BCUT2D eigenvalue weighted by Crippen LogP contribution is -2.18. The van der Waals surface area contributed by atoms with Gasteiger partial charge in [-0.3, -0.25) is 4.79 Å². The molecule has 0 spiro atoms. The molecule has 3 heterocycles. The van der Waals surface area contributed by atoms with Crippen molar-refractivity contribution in [3.05, 3.63) is 66.6 Å². The van der Waals surface area contributed by atoms with Crippen molar-refractivity contribution < 1.29 is 23.2 Å². The Morgan fingerprint density at radius 1 is 1.10 bits per heavy atom. The largest absolute Gasteiger partial charge is 0.454 e. The van der Waals surface area contributed by atoms with Crippen molar-refractivity contribution in [2.45, 2.75) is 6.54 Å². The third kappa shape index (κ3) is 3.48. The van der Waals surface area contributed by atoms with Crippen LogP contribution in [0.15, 0.2) is 65.3 Å². The summed E-state index contributed by atoms with van der Waals surface area (Å²) in [6.45, 7) is 0.214. The zero-order chi connectivity index (χ0) is 20.5. The van der Waals surface area contributed by atoms with E-state index in [2.05, 4.69) is 15.5 Å². The van der Waals surface area contributed by atoms with Gasteiger partial charge in [0.05, 0.1) is 0 Å². The molecular formula is C21H15FN4O4.